The molecule has 1 aromatic carbocycles. The van der Waals surface area contributed by atoms with Crippen molar-refractivity contribution in [2.75, 3.05) is 19.6 Å². The van der Waals surface area contributed by atoms with Gasteiger partial charge in [-0.1, -0.05) is 35.9 Å². The lowest BCUT2D eigenvalue weighted by Gasteiger charge is -2.61. The molecule has 3 heterocycles. The second-order valence-corrected chi connectivity index (χ2v) is 12.8. The molecule has 190 valence electrons. The second kappa shape index (κ2) is 9.02. The molecule has 1 aromatic heterocycles. The van der Waals surface area contributed by atoms with Gasteiger partial charge in [0.1, 0.15) is 0 Å². The molecule has 6 aliphatic rings. The van der Waals surface area contributed by atoms with E-state index in [2.05, 4.69) is 38.3 Å². The van der Waals surface area contributed by atoms with Crippen molar-refractivity contribution in [2.45, 2.75) is 63.6 Å². The Balaban J connectivity index is 1.02. The minimum Gasteiger partial charge on any atom is -0.335 e. The first-order valence-electron chi connectivity index (χ1n) is 14.0. The van der Waals surface area contributed by atoms with Crippen molar-refractivity contribution in [3.05, 3.63) is 64.9 Å². The highest BCUT2D eigenvalue weighted by molar-refractivity contribution is 6.31. The third-order valence-electron chi connectivity index (χ3n) is 10.4. The quantitative estimate of drug-likeness (QED) is 0.563. The van der Waals surface area contributed by atoms with E-state index in [1.807, 2.05) is 30.6 Å². The van der Waals surface area contributed by atoms with Crippen molar-refractivity contribution in [2.24, 2.45) is 29.1 Å². The van der Waals surface area contributed by atoms with Crippen LogP contribution in [-0.2, 0) is 6.54 Å². The summed E-state index contributed by atoms with van der Waals surface area (Å²) in [4.78, 5) is 22.5. The standard InChI is InChI=1S/C30H37ClN4O/c31-26-6-2-1-4-23(26)18-35-19-30(28(35)22-5-3-9-32-17-22)7-10-34(11-8-30)29(36)33-27-24-13-20-12-21(15-24)16-25(27)14-20/h1-6,9,17,20-21,24-25,27-28H,7-8,10-16,18-19H2,(H,33,36). The highest BCUT2D eigenvalue weighted by atomic mass is 35.5. The SMILES string of the molecule is O=C(NC1C2CC3CC(C2)CC1C3)N1CCC2(CC1)CN(Cc1ccccc1Cl)C2c1cccnc1. The molecule has 2 aliphatic heterocycles. The zero-order chi connectivity index (χ0) is 24.3. The molecule has 1 atom stereocenters. The lowest BCUT2D eigenvalue weighted by Crippen LogP contribution is -2.63. The lowest BCUT2D eigenvalue weighted by atomic mass is 9.54. The van der Waals surface area contributed by atoms with E-state index in [1.54, 1.807) is 0 Å². The number of hydrogen-bond acceptors (Lipinski definition) is 3. The summed E-state index contributed by atoms with van der Waals surface area (Å²) >= 11 is 6.51. The number of halogens is 1. The van der Waals surface area contributed by atoms with Gasteiger partial charge in [0.15, 0.2) is 0 Å². The van der Waals surface area contributed by atoms with Gasteiger partial charge in [-0.05, 0) is 91.9 Å². The van der Waals surface area contributed by atoms with Crippen LogP contribution < -0.4 is 5.32 Å². The minimum absolute atomic E-state index is 0.187. The normalized spacial score (nSPS) is 34.5. The fraction of sp³-hybridized carbons (Fsp3) is 0.600. The van der Waals surface area contributed by atoms with Gasteiger partial charge >= 0.3 is 6.03 Å². The summed E-state index contributed by atoms with van der Waals surface area (Å²) in [6, 6.07) is 13.3. The van der Waals surface area contributed by atoms with E-state index in [0.29, 0.717) is 12.1 Å². The first-order valence-corrected chi connectivity index (χ1v) is 14.4. The molecule has 4 saturated carbocycles. The summed E-state index contributed by atoms with van der Waals surface area (Å²) in [5, 5.41) is 4.37. The van der Waals surface area contributed by atoms with Gasteiger partial charge in [-0.25, -0.2) is 4.79 Å². The number of carbonyl (C=O) groups is 1. The molecule has 6 heteroatoms. The predicted octanol–water partition coefficient (Wildman–Crippen LogP) is 5.91. The Kier molecular flexibility index (Phi) is 5.77. The maximum Gasteiger partial charge on any atom is 0.317 e. The molecule has 2 saturated heterocycles. The van der Waals surface area contributed by atoms with Crippen LogP contribution in [0.1, 0.15) is 62.1 Å². The number of urea groups is 1. The van der Waals surface area contributed by atoms with Gasteiger partial charge in [-0.15, -0.1) is 0 Å². The summed E-state index contributed by atoms with van der Waals surface area (Å²) in [7, 11) is 0. The maximum atomic E-state index is 13.4. The number of likely N-dealkylation sites (tertiary alicyclic amines) is 2. The molecule has 6 fully saturated rings. The first kappa shape index (κ1) is 23.0. The van der Waals surface area contributed by atoms with Crippen LogP contribution >= 0.6 is 11.6 Å². The van der Waals surface area contributed by atoms with Crippen LogP contribution in [0, 0.1) is 29.1 Å². The number of nitrogens with one attached hydrogen (secondary N) is 1. The third kappa shape index (κ3) is 3.94. The van der Waals surface area contributed by atoms with Gasteiger partial charge < -0.3 is 10.2 Å². The molecular formula is C30H37ClN4O. The van der Waals surface area contributed by atoms with E-state index in [0.717, 1.165) is 67.7 Å². The Labute approximate surface area is 219 Å². The Morgan fingerprint density at radius 2 is 1.72 bits per heavy atom. The summed E-state index contributed by atoms with van der Waals surface area (Å²) in [6.07, 6.45) is 12.8. The molecule has 5 nitrogen and oxygen atoms in total. The first-order chi connectivity index (χ1) is 17.6. The predicted molar refractivity (Wildman–Crippen MR) is 141 cm³/mol. The molecule has 1 unspecified atom stereocenters. The van der Waals surface area contributed by atoms with Crippen LogP contribution in [0.15, 0.2) is 48.8 Å². The number of amides is 2. The van der Waals surface area contributed by atoms with Gasteiger partial charge in [0, 0.05) is 61.1 Å². The molecule has 1 N–H and O–H groups in total. The average Bonchev–Trinajstić information content (AvgIpc) is 2.87. The molecular weight excluding hydrogens is 468 g/mol. The van der Waals surface area contributed by atoms with Gasteiger partial charge in [0.2, 0.25) is 0 Å². The lowest BCUT2D eigenvalue weighted by molar-refractivity contribution is -0.113. The summed E-state index contributed by atoms with van der Waals surface area (Å²) in [5.41, 5.74) is 2.65. The van der Waals surface area contributed by atoms with Gasteiger partial charge in [0.25, 0.3) is 0 Å². The minimum atomic E-state index is 0.187. The Morgan fingerprint density at radius 3 is 2.39 bits per heavy atom. The average molecular weight is 505 g/mol. The zero-order valence-corrected chi connectivity index (χ0v) is 21.7. The summed E-state index contributed by atoms with van der Waals surface area (Å²) in [6.45, 7) is 3.58. The van der Waals surface area contributed by atoms with Crippen molar-refractivity contribution >= 4 is 17.6 Å². The molecule has 2 aromatic rings. The molecule has 4 bridgehead atoms. The molecule has 0 radical (unpaired) electrons. The van der Waals surface area contributed by atoms with E-state index in [4.69, 9.17) is 11.6 Å². The summed E-state index contributed by atoms with van der Waals surface area (Å²) in [5.74, 6) is 3.32. The van der Waals surface area contributed by atoms with Crippen molar-refractivity contribution in [3.8, 4) is 0 Å². The van der Waals surface area contributed by atoms with Crippen molar-refractivity contribution in [1.29, 1.82) is 0 Å². The van der Waals surface area contributed by atoms with Crippen LogP contribution in [0.5, 0.6) is 0 Å². The number of pyridine rings is 1. The van der Waals surface area contributed by atoms with Crippen LogP contribution in [0.4, 0.5) is 4.79 Å². The third-order valence-corrected chi connectivity index (χ3v) is 10.7. The highest BCUT2D eigenvalue weighted by Gasteiger charge is 2.55. The van der Waals surface area contributed by atoms with Crippen molar-refractivity contribution in [1.82, 2.24) is 20.1 Å². The summed E-state index contributed by atoms with van der Waals surface area (Å²) < 4.78 is 0. The number of rotatable bonds is 4. The molecule has 36 heavy (non-hydrogen) atoms. The van der Waals surface area contributed by atoms with Gasteiger partial charge in [0.05, 0.1) is 0 Å². The smallest absolute Gasteiger partial charge is 0.317 e. The van der Waals surface area contributed by atoms with Crippen LogP contribution in [0.25, 0.3) is 0 Å². The fourth-order valence-electron chi connectivity index (χ4n) is 8.93. The number of nitrogens with zero attached hydrogens (tertiary/aromatic N) is 3. The van der Waals surface area contributed by atoms with Gasteiger partial charge in [-0.3, -0.25) is 9.88 Å². The topological polar surface area (TPSA) is 48.5 Å². The number of benzene rings is 1. The highest BCUT2D eigenvalue weighted by Crippen LogP contribution is 2.56. The fourth-order valence-corrected chi connectivity index (χ4v) is 9.13. The van der Waals surface area contributed by atoms with Crippen LogP contribution in [0.2, 0.25) is 5.02 Å². The number of hydrogen-bond donors (Lipinski definition) is 1. The van der Waals surface area contributed by atoms with Crippen LogP contribution in [0.3, 0.4) is 0 Å². The molecule has 2 amide bonds. The van der Waals surface area contributed by atoms with E-state index in [-0.39, 0.29) is 11.4 Å². The molecule has 1 spiro atoms. The van der Waals surface area contributed by atoms with Gasteiger partial charge in [-0.2, -0.15) is 0 Å². The maximum absolute atomic E-state index is 13.4. The molecule has 4 aliphatic carbocycles. The van der Waals surface area contributed by atoms with Crippen molar-refractivity contribution in [3.63, 3.8) is 0 Å². The second-order valence-electron chi connectivity index (χ2n) is 12.4. The Morgan fingerprint density at radius 1 is 1.00 bits per heavy atom. The number of carbonyl (C=O) groups excluding carboxylic acids is 1. The van der Waals surface area contributed by atoms with Crippen molar-refractivity contribution < 1.29 is 4.79 Å². The number of aromatic nitrogens is 1. The van der Waals surface area contributed by atoms with E-state index in [9.17, 15) is 4.79 Å². The van der Waals surface area contributed by atoms with E-state index in [1.165, 1.54) is 43.2 Å². The molecule has 8 rings (SSSR count). The van der Waals surface area contributed by atoms with E-state index < -0.39 is 0 Å². The Hall–Kier alpha value is -2.11. The zero-order valence-electron chi connectivity index (χ0n) is 21.0. The van der Waals surface area contributed by atoms with E-state index >= 15 is 0 Å². The Bertz CT molecular complexity index is 1090. The van der Waals surface area contributed by atoms with Crippen LogP contribution in [-0.4, -0.2) is 46.5 Å². The number of piperidine rings is 1. The monoisotopic (exact) mass is 504 g/mol. The largest absolute Gasteiger partial charge is 0.335 e.